The van der Waals surface area contributed by atoms with Gasteiger partial charge >= 0.3 is 29.6 Å². The molecule has 7 heteroatoms. The first kappa shape index (κ1) is 27.2. The van der Waals surface area contributed by atoms with Gasteiger partial charge in [0.05, 0.1) is 23.4 Å². The van der Waals surface area contributed by atoms with E-state index in [1.807, 2.05) is 38.1 Å². The van der Waals surface area contributed by atoms with Gasteiger partial charge < -0.3 is 20.1 Å². The summed E-state index contributed by atoms with van der Waals surface area (Å²) in [4.78, 5) is 15.5. The van der Waals surface area contributed by atoms with Crippen molar-refractivity contribution < 1.29 is 54.1 Å². The Morgan fingerprint density at radius 1 is 1.18 bits per heavy atom. The van der Waals surface area contributed by atoms with Crippen LogP contribution in [-0.2, 0) is 4.79 Å². The smallest absolute Gasteiger partial charge is 0.550 e. The molecule has 5 nitrogen and oxygen atoms in total. The molecule has 0 aliphatic carbocycles. The second kappa shape index (κ2) is 11.9. The molecule has 2 atom stereocenters. The zero-order valence-electron chi connectivity index (χ0n) is 19.4. The van der Waals surface area contributed by atoms with Crippen molar-refractivity contribution in [1.82, 2.24) is 4.98 Å². The molecule has 0 aliphatic rings. The molecule has 1 aromatic heterocycles. The van der Waals surface area contributed by atoms with Gasteiger partial charge in [0.15, 0.2) is 0 Å². The van der Waals surface area contributed by atoms with Crippen LogP contribution in [0.4, 0.5) is 4.39 Å². The number of pyridine rings is 1. The van der Waals surface area contributed by atoms with Crippen LogP contribution in [0.5, 0.6) is 0 Å². The van der Waals surface area contributed by atoms with Crippen LogP contribution >= 0.6 is 0 Å². The Hall–Kier alpha value is -2.09. The summed E-state index contributed by atoms with van der Waals surface area (Å²) in [6, 6.07) is 12.7. The van der Waals surface area contributed by atoms with Crippen LogP contribution in [0.2, 0.25) is 0 Å². The van der Waals surface area contributed by atoms with Gasteiger partial charge in [-0.2, -0.15) is 0 Å². The Morgan fingerprint density at radius 3 is 2.52 bits per heavy atom. The number of fused-ring (bicyclic) bond motifs is 1. The van der Waals surface area contributed by atoms with Crippen LogP contribution in [0.3, 0.4) is 0 Å². The summed E-state index contributed by atoms with van der Waals surface area (Å²) >= 11 is 0. The van der Waals surface area contributed by atoms with Crippen molar-refractivity contribution >= 4 is 22.9 Å². The Balaban J connectivity index is 0.00000385. The molecule has 0 amide bonds. The number of hydrogen-bond acceptors (Lipinski definition) is 5. The summed E-state index contributed by atoms with van der Waals surface area (Å²) in [7, 11) is 0. The molecular weight excluding hydrogens is 432 g/mol. The van der Waals surface area contributed by atoms with Gasteiger partial charge in [0, 0.05) is 35.3 Å². The second-order valence-electron chi connectivity index (χ2n) is 8.31. The van der Waals surface area contributed by atoms with Crippen LogP contribution in [0.15, 0.2) is 48.5 Å². The van der Waals surface area contributed by atoms with E-state index in [4.69, 9.17) is 4.98 Å². The van der Waals surface area contributed by atoms with Gasteiger partial charge in [0.1, 0.15) is 5.82 Å². The number of hydrogen-bond donors (Lipinski definition) is 2. The van der Waals surface area contributed by atoms with E-state index >= 15 is 0 Å². The molecule has 0 saturated carbocycles. The Bertz CT molecular complexity index is 1160. The molecule has 0 bridgehead atoms. The third kappa shape index (κ3) is 6.71. The van der Waals surface area contributed by atoms with E-state index in [-0.39, 0.29) is 47.7 Å². The maximum absolute atomic E-state index is 14.0. The van der Waals surface area contributed by atoms with Gasteiger partial charge in [0.2, 0.25) is 0 Å². The fourth-order valence-corrected chi connectivity index (χ4v) is 3.81. The Morgan fingerprint density at radius 2 is 1.88 bits per heavy atom. The monoisotopic (exact) mass is 459 g/mol. The molecule has 0 saturated heterocycles. The first-order valence-corrected chi connectivity index (χ1v) is 10.6. The first-order valence-electron chi connectivity index (χ1n) is 10.6. The largest absolute Gasteiger partial charge is 1.00 e. The average Bonchev–Trinajstić information content (AvgIpc) is 2.72. The number of para-hydroxylation sites is 1. The van der Waals surface area contributed by atoms with Crippen LogP contribution in [-0.4, -0.2) is 33.4 Å². The number of rotatable bonds is 8. The molecule has 2 aromatic carbocycles. The van der Waals surface area contributed by atoms with Gasteiger partial charge in [-0.05, 0) is 42.2 Å². The van der Waals surface area contributed by atoms with Crippen molar-refractivity contribution in [3.8, 4) is 11.1 Å². The molecule has 1 heterocycles. The van der Waals surface area contributed by atoms with E-state index in [9.17, 15) is 24.5 Å². The predicted molar refractivity (Wildman–Crippen MR) is 121 cm³/mol. The number of aliphatic carboxylic acids is 1. The summed E-state index contributed by atoms with van der Waals surface area (Å²) < 4.78 is 14.0. The molecule has 3 aromatic rings. The van der Waals surface area contributed by atoms with E-state index in [0.29, 0.717) is 5.56 Å². The first-order chi connectivity index (χ1) is 15.2. The number of benzene rings is 2. The molecule has 33 heavy (non-hydrogen) atoms. The minimum absolute atomic E-state index is 0. The summed E-state index contributed by atoms with van der Waals surface area (Å²) in [5.41, 5.74) is 4.65. The summed E-state index contributed by atoms with van der Waals surface area (Å²) in [5.74, 6) is -1.59. The van der Waals surface area contributed by atoms with Crippen molar-refractivity contribution in [2.75, 3.05) is 0 Å². The number of nitrogens with zero attached hydrogens (tertiary/aromatic N) is 1. The second-order valence-corrected chi connectivity index (χ2v) is 8.31. The number of aliphatic hydroxyl groups is 2. The molecule has 168 valence electrons. The van der Waals surface area contributed by atoms with E-state index in [1.165, 1.54) is 12.1 Å². The number of carboxylic acid groups (broad SMARTS) is 1. The third-order valence-corrected chi connectivity index (χ3v) is 5.35. The zero-order chi connectivity index (χ0) is 23.4. The third-order valence-electron chi connectivity index (χ3n) is 5.35. The minimum atomic E-state index is -1.37. The quantitative estimate of drug-likeness (QED) is 0.485. The van der Waals surface area contributed by atoms with E-state index in [2.05, 4.69) is 0 Å². The molecule has 2 unspecified atom stereocenters. The van der Waals surface area contributed by atoms with Crippen LogP contribution in [0, 0.1) is 12.7 Å². The normalized spacial score (nSPS) is 13.3. The summed E-state index contributed by atoms with van der Waals surface area (Å²) in [6.45, 7) is 5.76. The number of carbonyl (C=O) groups excluding carboxylic acids is 1. The van der Waals surface area contributed by atoms with Gasteiger partial charge in [0.25, 0.3) is 0 Å². The zero-order valence-corrected chi connectivity index (χ0v) is 21.4. The van der Waals surface area contributed by atoms with Gasteiger partial charge in [-0.15, -0.1) is 0 Å². The van der Waals surface area contributed by atoms with Crippen molar-refractivity contribution in [2.24, 2.45) is 0 Å². The SMILES string of the molecule is Cc1cc(-c2c(/C=C/C(O)CC(O)CC(=O)[O-])c(C(C)C)nc3ccccc23)ccc1F.[Na+]. The van der Waals surface area contributed by atoms with Crippen molar-refractivity contribution in [1.29, 1.82) is 0 Å². The standard InChI is InChI=1S/C26H28FNO4.Na/c1-15(2)26-21(10-9-18(29)13-19(30)14-24(31)32)25(17-8-11-22(27)16(3)12-17)20-6-4-5-7-23(20)28-26;/h4-12,15,18-19,29-30H,13-14H2,1-3H3,(H,31,32);/q;+1/p-1/b10-9+;. The maximum Gasteiger partial charge on any atom is 1.00 e. The summed E-state index contributed by atoms with van der Waals surface area (Å²) in [6.07, 6.45) is 0.333. The molecular formula is C26H27FNNaO4. The molecule has 2 N–H and O–H groups in total. The number of halogens is 1. The molecule has 0 fully saturated rings. The summed E-state index contributed by atoms with van der Waals surface area (Å²) in [5, 5.41) is 31.7. The van der Waals surface area contributed by atoms with Crippen molar-refractivity contribution in [3.63, 3.8) is 0 Å². The van der Waals surface area contributed by atoms with Crippen LogP contribution in [0.1, 0.15) is 49.4 Å². The fourth-order valence-electron chi connectivity index (χ4n) is 3.81. The molecule has 0 radical (unpaired) electrons. The topological polar surface area (TPSA) is 93.5 Å². The van der Waals surface area contributed by atoms with Crippen LogP contribution < -0.4 is 34.7 Å². The predicted octanol–water partition coefficient (Wildman–Crippen LogP) is 0.742. The number of carbonyl (C=O) groups is 1. The number of aromatic nitrogens is 1. The fraction of sp³-hybridized carbons (Fsp3) is 0.308. The van der Waals surface area contributed by atoms with Crippen molar-refractivity contribution in [3.05, 3.63) is 71.2 Å². The average molecular weight is 459 g/mol. The number of aryl methyl sites for hydroxylation is 1. The molecule has 0 spiro atoms. The van der Waals surface area contributed by atoms with E-state index in [1.54, 1.807) is 25.1 Å². The van der Waals surface area contributed by atoms with E-state index in [0.717, 1.165) is 33.3 Å². The Kier molecular flexibility index (Phi) is 9.76. The Labute approximate surface area is 215 Å². The maximum atomic E-state index is 14.0. The van der Waals surface area contributed by atoms with Crippen LogP contribution in [0.25, 0.3) is 28.1 Å². The number of carboxylic acids is 1. The molecule has 0 aliphatic heterocycles. The van der Waals surface area contributed by atoms with Gasteiger partial charge in [-0.3, -0.25) is 4.98 Å². The minimum Gasteiger partial charge on any atom is -0.550 e. The molecule has 3 rings (SSSR count). The van der Waals surface area contributed by atoms with Crippen molar-refractivity contribution in [2.45, 2.75) is 51.7 Å². The van der Waals surface area contributed by atoms with Gasteiger partial charge in [-0.25, -0.2) is 4.39 Å². The van der Waals surface area contributed by atoms with E-state index < -0.39 is 24.6 Å². The number of aliphatic hydroxyl groups excluding tert-OH is 2. The van der Waals surface area contributed by atoms with Gasteiger partial charge in [-0.1, -0.05) is 50.3 Å².